The Kier molecular flexibility index (Phi) is 10.8. The Labute approximate surface area is 275 Å². The van der Waals surface area contributed by atoms with Gasteiger partial charge in [-0.15, -0.1) is 11.3 Å². The number of anilines is 2. The smallest absolute Gasteiger partial charge is 0.272 e. The van der Waals surface area contributed by atoms with Crippen LogP contribution in [-0.2, 0) is 11.3 Å². The van der Waals surface area contributed by atoms with Gasteiger partial charge < -0.3 is 20.7 Å². The summed E-state index contributed by atoms with van der Waals surface area (Å²) in [6.45, 7) is -0.705. The Balaban J connectivity index is 1.28. The molecule has 3 N–H and O–H groups in total. The molecule has 1 heterocycles. The van der Waals surface area contributed by atoms with Crippen LogP contribution in [0.15, 0.2) is 76.7 Å². The lowest BCUT2D eigenvalue weighted by molar-refractivity contribution is -0.125. The molecule has 0 spiro atoms. The summed E-state index contributed by atoms with van der Waals surface area (Å²) in [5.41, 5.74) is 1.46. The van der Waals surface area contributed by atoms with Crippen LogP contribution in [0.4, 0.5) is 20.2 Å². The van der Waals surface area contributed by atoms with Gasteiger partial charge in [0, 0.05) is 45.8 Å². The molecule has 3 amide bonds. The number of ether oxygens (including phenoxy) is 1. The first-order chi connectivity index (χ1) is 21.7. The summed E-state index contributed by atoms with van der Waals surface area (Å²) in [4.78, 5) is 43.9. The molecule has 234 valence electrons. The van der Waals surface area contributed by atoms with Gasteiger partial charge in [0.15, 0.2) is 0 Å². The zero-order valence-corrected chi connectivity index (χ0v) is 26.9. The zero-order valence-electron chi connectivity index (χ0n) is 23.7. The van der Waals surface area contributed by atoms with Crippen LogP contribution in [0.25, 0.3) is 0 Å². The molecule has 1 aromatic heterocycles. The van der Waals surface area contributed by atoms with Crippen LogP contribution in [0.2, 0.25) is 5.02 Å². The minimum atomic E-state index is -2.75. The van der Waals surface area contributed by atoms with Crippen LogP contribution in [-0.4, -0.2) is 35.7 Å². The zero-order chi connectivity index (χ0) is 31.9. The first-order valence-electron chi connectivity index (χ1n) is 14.1. The number of thiazole rings is 1. The number of carbonyl (C=O) groups is 3. The van der Waals surface area contributed by atoms with Crippen LogP contribution in [0.1, 0.15) is 56.5 Å². The summed E-state index contributed by atoms with van der Waals surface area (Å²) in [6, 6.07) is 15.8. The molecule has 4 aromatic rings. The molecular weight excluding hydrogens is 690 g/mol. The first-order valence-corrected chi connectivity index (χ1v) is 16.1. The third-order valence-electron chi connectivity index (χ3n) is 7.31. The topological polar surface area (TPSA) is 109 Å². The lowest BCUT2D eigenvalue weighted by Crippen LogP contribution is -2.31. The molecule has 0 aliphatic heterocycles. The van der Waals surface area contributed by atoms with Gasteiger partial charge in [0.25, 0.3) is 18.2 Å². The van der Waals surface area contributed by atoms with E-state index in [0.29, 0.717) is 11.3 Å². The van der Waals surface area contributed by atoms with Gasteiger partial charge in [-0.1, -0.05) is 40.0 Å². The summed E-state index contributed by atoms with van der Waals surface area (Å²) >= 11 is 11.3. The number of amides is 3. The standard InChI is InChI=1S/C32H28BrClF2N4O4S/c33-19-5-7-20(8-6-19)39-31(43)25-15-21(9-11-27(25)44-17-28(35)36)40-30(42)24-14-18(4-10-26(24)34)16-38-29(41)22-2-1-3-23(22)32-37-12-13-45-32/h4-15,22-23,28H,1-3,16-17H2,(H,38,41)(H,39,43)(H,40,42). The fourth-order valence-electron chi connectivity index (χ4n) is 5.16. The molecule has 5 rings (SSSR count). The summed E-state index contributed by atoms with van der Waals surface area (Å²) in [5, 5.41) is 11.5. The number of benzene rings is 3. The molecule has 13 heteroatoms. The molecule has 1 saturated carbocycles. The molecule has 0 bridgehead atoms. The minimum absolute atomic E-state index is 0.0538. The van der Waals surface area contributed by atoms with Gasteiger partial charge in [0.05, 0.1) is 21.2 Å². The number of halogens is 4. The highest BCUT2D eigenvalue weighted by Crippen LogP contribution is 2.40. The van der Waals surface area contributed by atoms with Crippen molar-refractivity contribution < 1.29 is 27.9 Å². The molecule has 2 atom stereocenters. The number of alkyl halides is 2. The SMILES string of the molecule is O=C(Nc1ccc(OCC(F)F)c(C(=O)Nc2ccc(Br)cc2)c1)c1cc(CNC(=O)C2CCCC2c2nccs2)ccc1Cl. The number of carbonyl (C=O) groups excluding carboxylic acids is 3. The maximum absolute atomic E-state index is 13.3. The molecule has 0 radical (unpaired) electrons. The van der Waals surface area contributed by atoms with Crippen molar-refractivity contribution in [2.45, 2.75) is 38.2 Å². The van der Waals surface area contributed by atoms with Crippen molar-refractivity contribution in [1.29, 1.82) is 0 Å². The second kappa shape index (κ2) is 14.9. The number of nitrogens with zero attached hydrogens (tertiary/aromatic N) is 1. The van der Waals surface area contributed by atoms with Crippen molar-refractivity contribution in [2.24, 2.45) is 5.92 Å². The van der Waals surface area contributed by atoms with Crippen molar-refractivity contribution in [2.75, 3.05) is 17.2 Å². The van der Waals surface area contributed by atoms with E-state index in [9.17, 15) is 23.2 Å². The van der Waals surface area contributed by atoms with Gasteiger partial charge in [-0.3, -0.25) is 14.4 Å². The lowest BCUT2D eigenvalue weighted by Gasteiger charge is -2.17. The summed E-state index contributed by atoms with van der Waals surface area (Å²) < 4.78 is 31.7. The van der Waals surface area contributed by atoms with Crippen molar-refractivity contribution in [3.63, 3.8) is 0 Å². The van der Waals surface area contributed by atoms with Crippen molar-refractivity contribution in [3.8, 4) is 5.75 Å². The predicted molar refractivity (Wildman–Crippen MR) is 173 cm³/mol. The second-order valence-corrected chi connectivity index (χ2v) is 12.6. The quantitative estimate of drug-likeness (QED) is 0.146. The molecule has 1 fully saturated rings. The molecule has 2 unspecified atom stereocenters. The maximum Gasteiger partial charge on any atom is 0.272 e. The number of hydrogen-bond acceptors (Lipinski definition) is 6. The van der Waals surface area contributed by atoms with Crippen LogP contribution in [0.3, 0.4) is 0 Å². The third kappa shape index (κ3) is 8.44. The number of nitrogens with one attached hydrogen (secondary N) is 3. The molecular formula is C32H28BrClF2N4O4S. The largest absolute Gasteiger partial charge is 0.487 e. The first kappa shape index (κ1) is 32.5. The van der Waals surface area contributed by atoms with Crippen LogP contribution in [0, 0.1) is 5.92 Å². The molecule has 8 nitrogen and oxygen atoms in total. The highest BCUT2D eigenvalue weighted by molar-refractivity contribution is 9.10. The van der Waals surface area contributed by atoms with Gasteiger partial charge >= 0.3 is 0 Å². The Bertz CT molecular complexity index is 1670. The number of rotatable bonds is 11. The molecule has 45 heavy (non-hydrogen) atoms. The van der Waals surface area contributed by atoms with Gasteiger partial charge in [-0.05, 0) is 73.0 Å². The van der Waals surface area contributed by atoms with E-state index in [-0.39, 0.29) is 51.9 Å². The minimum Gasteiger partial charge on any atom is -0.487 e. The average molecular weight is 718 g/mol. The summed E-state index contributed by atoms with van der Waals surface area (Å²) in [5.74, 6) is -1.37. The molecule has 1 aliphatic carbocycles. The van der Waals surface area contributed by atoms with Gasteiger partial charge in [0.2, 0.25) is 5.91 Å². The summed E-state index contributed by atoms with van der Waals surface area (Å²) in [7, 11) is 0. The second-order valence-electron chi connectivity index (χ2n) is 10.4. The molecule has 1 aliphatic rings. The van der Waals surface area contributed by atoms with Gasteiger partial charge in [-0.2, -0.15) is 0 Å². The lowest BCUT2D eigenvalue weighted by atomic mass is 9.95. The monoisotopic (exact) mass is 716 g/mol. The van der Waals surface area contributed by atoms with E-state index >= 15 is 0 Å². The molecule has 3 aromatic carbocycles. The maximum atomic E-state index is 13.3. The number of hydrogen-bond donors (Lipinski definition) is 3. The Morgan fingerprint density at radius 3 is 2.44 bits per heavy atom. The van der Waals surface area contributed by atoms with Crippen LogP contribution in [0.5, 0.6) is 5.75 Å². The average Bonchev–Trinajstić information content (AvgIpc) is 3.73. The van der Waals surface area contributed by atoms with Crippen LogP contribution >= 0.6 is 38.9 Å². The van der Waals surface area contributed by atoms with E-state index < -0.39 is 24.8 Å². The van der Waals surface area contributed by atoms with Gasteiger partial charge in [-0.25, -0.2) is 13.8 Å². The van der Waals surface area contributed by atoms with E-state index in [1.54, 1.807) is 60.0 Å². The predicted octanol–water partition coefficient (Wildman–Crippen LogP) is 7.91. The Morgan fingerprint density at radius 1 is 0.978 bits per heavy atom. The van der Waals surface area contributed by atoms with Crippen LogP contribution < -0.4 is 20.7 Å². The van der Waals surface area contributed by atoms with E-state index in [1.807, 2.05) is 5.38 Å². The van der Waals surface area contributed by atoms with E-state index in [0.717, 1.165) is 28.7 Å². The fourth-order valence-corrected chi connectivity index (χ4v) is 6.47. The number of aromatic nitrogens is 1. The van der Waals surface area contributed by atoms with Crippen molar-refractivity contribution in [1.82, 2.24) is 10.3 Å². The van der Waals surface area contributed by atoms with E-state index in [2.05, 4.69) is 36.9 Å². The highest BCUT2D eigenvalue weighted by atomic mass is 79.9. The Morgan fingerprint density at radius 2 is 1.71 bits per heavy atom. The van der Waals surface area contributed by atoms with E-state index in [1.165, 1.54) is 18.2 Å². The van der Waals surface area contributed by atoms with Crippen molar-refractivity contribution >= 4 is 68.0 Å². The highest BCUT2D eigenvalue weighted by Gasteiger charge is 2.35. The fraction of sp³-hybridized carbons (Fsp3) is 0.250. The van der Waals surface area contributed by atoms with Crippen molar-refractivity contribution in [3.05, 3.63) is 103 Å². The Hall–Kier alpha value is -3.87. The normalized spacial score (nSPS) is 15.9. The third-order valence-corrected chi connectivity index (χ3v) is 9.08. The summed E-state index contributed by atoms with van der Waals surface area (Å²) in [6.07, 6.45) is 1.68. The van der Waals surface area contributed by atoms with Gasteiger partial charge in [0.1, 0.15) is 12.4 Å². The van der Waals surface area contributed by atoms with E-state index in [4.69, 9.17) is 16.3 Å². The molecule has 0 saturated heterocycles.